The van der Waals surface area contributed by atoms with E-state index >= 15 is 0 Å². The van der Waals surface area contributed by atoms with Crippen LogP contribution in [0.4, 0.5) is 23.4 Å². The highest BCUT2D eigenvalue weighted by Crippen LogP contribution is 2.29. The molecular weight excluding hydrogens is 536 g/mol. The SMILES string of the molecule is Nc1nc2c([nH]c3ccccc32)c(N2CCN(C(=S)Nc3ccc(S(=O)(=O)Nc4ncccn4)cc3)CC2)[nH+]1. The van der Waals surface area contributed by atoms with Crippen LogP contribution in [0.2, 0.25) is 0 Å². The zero-order valence-corrected chi connectivity index (χ0v) is 22.3. The zero-order valence-electron chi connectivity index (χ0n) is 20.6. The van der Waals surface area contributed by atoms with Gasteiger partial charge in [0.15, 0.2) is 10.6 Å². The Morgan fingerprint density at radius 3 is 2.46 bits per heavy atom. The van der Waals surface area contributed by atoms with E-state index in [-0.39, 0.29) is 10.8 Å². The fraction of sp³-hybridized carbons (Fsp3) is 0.160. The summed E-state index contributed by atoms with van der Waals surface area (Å²) in [5, 5.41) is 4.80. The number of rotatable bonds is 5. The number of aromatic nitrogens is 5. The zero-order chi connectivity index (χ0) is 27.0. The number of nitrogen functional groups attached to an aromatic ring is 1. The highest BCUT2D eigenvalue weighted by Gasteiger charge is 2.27. The summed E-state index contributed by atoms with van der Waals surface area (Å²) in [6.45, 7) is 2.82. The predicted molar refractivity (Wildman–Crippen MR) is 154 cm³/mol. The largest absolute Gasteiger partial charge is 0.347 e. The number of nitrogens with one attached hydrogen (secondary N) is 4. The third kappa shape index (κ3) is 4.98. The molecule has 1 saturated heterocycles. The van der Waals surface area contributed by atoms with Crippen molar-refractivity contribution >= 4 is 72.7 Å². The van der Waals surface area contributed by atoms with Gasteiger partial charge < -0.3 is 25.8 Å². The molecule has 1 aliphatic heterocycles. The van der Waals surface area contributed by atoms with Gasteiger partial charge in [-0.3, -0.25) is 0 Å². The molecule has 4 heterocycles. The van der Waals surface area contributed by atoms with Crippen LogP contribution in [0.3, 0.4) is 0 Å². The van der Waals surface area contributed by atoms with Crippen LogP contribution in [-0.2, 0) is 10.0 Å². The second-order valence-corrected chi connectivity index (χ2v) is 11.0. The van der Waals surface area contributed by atoms with E-state index in [1.807, 2.05) is 24.3 Å². The summed E-state index contributed by atoms with van der Waals surface area (Å²) in [6, 6.07) is 16.0. The van der Waals surface area contributed by atoms with Gasteiger partial charge in [0, 0.05) is 42.1 Å². The standard InChI is InChI=1S/C25H24N10O2S2/c26-23-31-20-18-4-1-2-5-19(18)30-21(20)22(32-23)34-12-14-35(15-13-34)25(38)29-16-6-8-17(9-7-16)39(36,37)33-24-27-10-3-11-28-24/h1-11,30H,12-15H2,(H,29,38)(H2,26,31,32)(H,27,28,33)/p+1. The van der Waals surface area contributed by atoms with E-state index in [1.165, 1.54) is 24.5 Å². The number of benzene rings is 2. The summed E-state index contributed by atoms with van der Waals surface area (Å²) in [5.74, 6) is 1.27. The minimum atomic E-state index is -3.81. The first-order valence-electron chi connectivity index (χ1n) is 12.2. The number of para-hydroxylation sites is 1. The van der Waals surface area contributed by atoms with E-state index in [1.54, 1.807) is 18.2 Å². The molecule has 39 heavy (non-hydrogen) atoms. The molecule has 0 aliphatic carbocycles. The molecule has 0 amide bonds. The van der Waals surface area contributed by atoms with Gasteiger partial charge >= 0.3 is 5.95 Å². The maximum Gasteiger partial charge on any atom is 0.343 e. The number of aromatic amines is 2. The molecule has 1 aliphatic rings. The number of hydrogen-bond donors (Lipinski definition) is 4. The fourth-order valence-corrected chi connectivity index (χ4v) is 5.83. The normalized spacial score (nSPS) is 14.1. The van der Waals surface area contributed by atoms with Crippen molar-refractivity contribution in [1.82, 2.24) is 24.8 Å². The molecule has 0 saturated carbocycles. The Kier molecular flexibility index (Phi) is 6.32. The lowest BCUT2D eigenvalue weighted by Gasteiger charge is -2.34. The number of sulfonamides is 1. The number of H-pyrrole nitrogens is 2. The van der Waals surface area contributed by atoms with E-state index in [0.717, 1.165) is 40.8 Å². The van der Waals surface area contributed by atoms with Crippen molar-refractivity contribution in [3.05, 3.63) is 67.0 Å². The van der Waals surface area contributed by atoms with Gasteiger partial charge in [-0.25, -0.2) is 28.1 Å². The van der Waals surface area contributed by atoms with Crippen LogP contribution in [0.25, 0.3) is 21.9 Å². The van der Waals surface area contributed by atoms with Crippen LogP contribution in [-0.4, -0.2) is 64.5 Å². The Labute approximate surface area is 229 Å². The third-order valence-electron chi connectivity index (χ3n) is 6.48. The molecule has 0 spiro atoms. The number of fused-ring (bicyclic) bond motifs is 3. The minimum Gasteiger partial charge on any atom is -0.347 e. The molecule has 3 aromatic heterocycles. The third-order valence-corrected chi connectivity index (χ3v) is 8.19. The van der Waals surface area contributed by atoms with Crippen molar-refractivity contribution in [2.75, 3.05) is 46.9 Å². The topological polar surface area (TPSA) is 159 Å². The molecule has 2 aromatic carbocycles. The van der Waals surface area contributed by atoms with E-state index < -0.39 is 10.0 Å². The maximum atomic E-state index is 12.6. The maximum absolute atomic E-state index is 12.6. The van der Waals surface area contributed by atoms with Crippen LogP contribution in [0.5, 0.6) is 0 Å². The lowest BCUT2D eigenvalue weighted by molar-refractivity contribution is -0.348. The first kappa shape index (κ1) is 24.8. The van der Waals surface area contributed by atoms with Crippen molar-refractivity contribution in [2.24, 2.45) is 0 Å². The average molecular weight is 562 g/mol. The van der Waals surface area contributed by atoms with E-state index in [0.29, 0.717) is 29.8 Å². The van der Waals surface area contributed by atoms with Crippen molar-refractivity contribution in [2.45, 2.75) is 4.90 Å². The summed E-state index contributed by atoms with van der Waals surface area (Å²) in [4.78, 5) is 23.4. The molecule has 14 heteroatoms. The number of anilines is 4. The number of piperazine rings is 1. The Bertz CT molecular complexity index is 1770. The van der Waals surface area contributed by atoms with Gasteiger partial charge in [0.1, 0.15) is 5.52 Å². The lowest BCUT2D eigenvalue weighted by Crippen LogP contribution is -2.51. The molecule has 5 aromatic rings. The van der Waals surface area contributed by atoms with Gasteiger partial charge in [-0.1, -0.05) is 12.1 Å². The minimum absolute atomic E-state index is 0.0114. The number of nitrogens with two attached hydrogens (primary N) is 1. The lowest BCUT2D eigenvalue weighted by atomic mass is 10.2. The van der Waals surface area contributed by atoms with Crippen molar-refractivity contribution in [3.63, 3.8) is 0 Å². The molecule has 1 fully saturated rings. The molecule has 6 N–H and O–H groups in total. The Balaban J connectivity index is 1.11. The van der Waals surface area contributed by atoms with Gasteiger partial charge in [0.2, 0.25) is 11.8 Å². The van der Waals surface area contributed by atoms with Gasteiger partial charge in [-0.05, 0) is 54.7 Å². The average Bonchev–Trinajstić information content (AvgIpc) is 3.32. The summed E-state index contributed by atoms with van der Waals surface area (Å²) in [5.41, 5.74) is 9.58. The monoisotopic (exact) mass is 561 g/mol. The van der Waals surface area contributed by atoms with Crippen molar-refractivity contribution in [3.8, 4) is 0 Å². The van der Waals surface area contributed by atoms with Gasteiger partial charge in [-0.15, -0.1) is 4.98 Å². The summed E-state index contributed by atoms with van der Waals surface area (Å²) in [6.07, 6.45) is 2.93. The number of hydrogen-bond acceptors (Lipinski definition) is 8. The molecular formula is C25H25N10O2S2+. The highest BCUT2D eigenvalue weighted by atomic mass is 32.2. The van der Waals surface area contributed by atoms with Crippen LogP contribution in [0.1, 0.15) is 0 Å². The molecule has 0 unspecified atom stereocenters. The molecule has 6 rings (SSSR count). The molecule has 0 atom stereocenters. The smallest absolute Gasteiger partial charge is 0.343 e. The number of nitrogens with zero attached hydrogens (tertiary/aromatic N) is 5. The van der Waals surface area contributed by atoms with Crippen LogP contribution < -0.4 is 25.7 Å². The summed E-state index contributed by atoms with van der Waals surface area (Å²) in [7, 11) is -3.81. The molecule has 12 nitrogen and oxygen atoms in total. The second kappa shape index (κ2) is 9.96. The summed E-state index contributed by atoms with van der Waals surface area (Å²) < 4.78 is 27.6. The van der Waals surface area contributed by atoms with Gasteiger partial charge in [0.25, 0.3) is 10.0 Å². The first-order valence-corrected chi connectivity index (χ1v) is 14.1. The van der Waals surface area contributed by atoms with Gasteiger partial charge in [-0.2, -0.15) is 0 Å². The Hall–Kier alpha value is -4.56. The number of thiocarbonyl (C=S) groups is 1. The Morgan fingerprint density at radius 2 is 1.72 bits per heavy atom. The predicted octanol–water partition coefficient (Wildman–Crippen LogP) is 2.22. The van der Waals surface area contributed by atoms with Crippen LogP contribution in [0.15, 0.2) is 71.9 Å². The van der Waals surface area contributed by atoms with E-state index in [4.69, 9.17) is 18.0 Å². The molecule has 0 radical (unpaired) electrons. The molecule has 0 bridgehead atoms. The van der Waals surface area contributed by atoms with Crippen molar-refractivity contribution < 1.29 is 13.4 Å². The fourth-order valence-electron chi connectivity index (χ4n) is 4.57. The first-order chi connectivity index (χ1) is 18.9. The van der Waals surface area contributed by atoms with Crippen molar-refractivity contribution in [1.29, 1.82) is 0 Å². The highest BCUT2D eigenvalue weighted by molar-refractivity contribution is 7.92. The quantitative estimate of drug-likeness (QED) is 0.234. The second-order valence-electron chi connectivity index (χ2n) is 8.97. The molecule has 198 valence electrons. The Morgan fingerprint density at radius 1 is 1.00 bits per heavy atom. The van der Waals surface area contributed by atoms with E-state index in [2.05, 4.69) is 44.8 Å². The van der Waals surface area contributed by atoms with E-state index in [9.17, 15) is 8.42 Å². The summed E-state index contributed by atoms with van der Waals surface area (Å²) >= 11 is 5.65. The van der Waals surface area contributed by atoms with Crippen LogP contribution in [0, 0.1) is 0 Å². The van der Waals surface area contributed by atoms with Crippen LogP contribution >= 0.6 is 12.2 Å². The van der Waals surface area contributed by atoms with Gasteiger partial charge in [0.05, 0.1) is 18.0 Å².